The molecule has 0 aliphatic carbocycles. The van der Waals surface area contributed by atoms with Gasteiger partial charge in [0.2, 0.25) is 5.95 Å². The highest BCUT2D eigenvalue weighted by Crippen LogP contribution is 2.17. The van der Waals surface area contributed by atoms with Crippen LogP contribution in [0.2, 0.25) is 0 Å². The molecule has 0 spiro atoms. The topological polar surface area (TPSA) is 101 Å². The van der Waals surface area contributed by atoms with Crippen molar-refractivity contribution in [3.63, 3.8) is 0 Å². The molecule has 4 N–H and O–H groups in total. The fourth-order valence-corrected chi connectivity index (χ4v) is 2.13. The lowest BCUT2D eigenvalue weighted by Crippen LogP contribution is -2.04. The number of nitrogens with two attached hydrogens (primary N) is 1. The molecule has 0 unspecified atom stereocenters. The number of benzene rings is 1. The lowest BCUT2D eigenvalue weighted by Gasteiger charge is -2.08. The third kappa shape index (κ3) is 6.09. The van der Waals surface area contributed by atoms with E-state index in [-0.39, 0.29) is 0 Å². The van der Waals surface area contributed by atoms with E-state index in [1.807, 2.05) is 12.2 Å². The predicted molar refractivity (Wildman–Crippen MR) is 105 cm³/mol. The summed E-state index contributed by atoms with van der Waals surface area (Å²) in [6, 6.07) is 8.89. The maximum Gasteiger partial charge on any atom is 0.328 e. The Morgan fingerprint density at radius 1 is 1.23 bits per heavy atom. The quantitative estimate of drug-likeness (QED) is 0.496. The van der Waals surface area contributed by atoms with E-state index in [9.17, 15) is 4.79 Å². The van der Waals surface area contributed by atoms with E-state index in [1.165, 1.54) is 6.08 Å². The van der Waals surface area contributed by atoms with Gasteiger partial charge in [0.1, 0.15) is 5.82 Å². The first-order valence-corrected chi connectivity index (χ1v) is 7.84. The second-order valence-electron chi connectivity index (χ2n) is 5.46. The zero-order valence-electron chi connectivity index (χ0n) is 14.2. The van der Waals surface area contributed by atoms with Gasteiger partial charge in [0.15, 0.2) is 0 Å². The predicted octanol–water partition coefficient (Wildman–Crippen LogP) is 3.74. The number of aromatic nitrogens is 2. The van der Waals surface area contributed by atoms with Crippen LogP contribution in [0.3, 0.4) is 0 Å². The third-order valence-corrected chi connectivity index (χ3v) is 3.26. The van der Waals surface area contributed by atoms with Gasteiger partial charge in [-0.05, 0) is 29.3 Å². The van der Waals surface area contributed by atoms with Crippen LogP contribution in [-0.2, 0) is 11.2 Å². The Balaban J connectivity index is 2.11. The number of aliphatic carboxylic acids is 1. The van der Waals surface area contributed by atoms with Crippen molar-refractivity contribution in [3.8, 4) is 0 Å². The monoisotopic (exact) mass is 348 g/mol. The highest BCUT2D eigenvalue weighted by atomic mass is 16.4. The molecule has 2 rings (SSSR count). The molecule has 0 fully saturated rings. The van der Waals surface area contributed by atoms with Crippen LogP contribution in [0.4, 0.5) is 17.5 Å². The van der Waals surface area contributed by atoms with Crippen LogP contribution in [0.5, 0.6) is 0 Å². The van der Waals surface area contributed by atoms with E-state index in [2.05, 4.69) is 28.4 Å². The van der Waals surface area contributed by atoms with Gasteiger partial charge in [0.25, 0.3) is 0 Å². The Morgan fingerprint density at radius 3 is 2.62 bits per heavy atom. The first-order chi connectivity index (χ1) is 12.5. The molecule has 0 saturated carbocycles. The van der Waals surface area contributed by atoms with Gasteiger partial charge in [-0.2, -0.15) is 4.98 Å². The SMILES string of the molecule is C=C/C=C\C(=C)Cc1cc(N)nc(Nc2ccc(/C=C/C(=O)O)cc2)n1. The van der Waals surface area contributed by atoms with E-state index in [4.69, 9.17) is 10.8 Å². The molecule has 0 radical (unpaired) electrons. The lowest BCUT2D eigenvalue weighted by atomic mass is 10.1. The van der Waals surface area contributed by atoms with Crippen LogP contribution >= 0.6 is 0 Å². The fourth-order valence-electron chi connectivity index (χ4n) is 2.13. The van der Waals surface area contributed by atoms with Crippen LogP contribution < -0.4 is 11.1 Å². The molecule has 6 nitrogen and oxygen atoms in total. The number of carboxylic acids is 1. The molecular formula is C20H20N4O2. The fraction of sp³-hybridized carbons (Fsp3) is 0.0500. The van der Waals surface area contributed by atoms with Crippen LogP contribution in [0.25, 0.3) is 6.08 Å². The number of nitrogens with one attached hydrogen (secondary N) is 1. The first kappa shape index (κ1) is 18.7. The van der Waals surface area contributed by atoms with Crippen molar-refractivity contribution in [2.24, 2.45) is 0 Å². The number of anilines is 3. The maximum atomic E-state index is 10.5. The minimum Gasteiger partial charge on any atom is -0.478 e. The van der Waals surface area contributed by atoms with Gasteiger partial charge >= 0.3 is 5.97 Å². The van der Waals surface area contributed by atoms with Gasteiger partial charge < -0.3 is 16.2 Å². The number of allylic oxidation sites excluding steroid dienone is 4. The Hall–Kier alpha value is -3.67. The van der Waals surface area contributed by atoms with Crippen LogP contribution in [0, 0.1) is 0 Å². The van der Waals surface area contributed by atoms with E-state index in [1.54, 1.807) is 36.4 Å². The zero-order chi connectivity index (χ0) is 18.9. The van der Waals surface area contributed by atoms with Crippen LogP contribution in [0.15, 0.2) is 73.4 Å². The second-order valence-corrected chi connectivity index (χ2v) is 5.46. The Labute approximate surface area is 152 Å². The molecule has 1 aromatic heterocycles. The third-order valence-electron chi connectivity index (χ3n) is 3.26. The number of hydrogen-bond acceptors (Lipinski definition) is 5. The van der Waals surface area contributed by atoms with Crippen LogP contribution in [-0.4, -0.2) is 21.0 Å². The number of carbonyl (C=O) groups is 1. The zero-order valence-corrected chi connectivity index (χ0v) is 14.2. The van der Waals surface area contributed by atoms with Crippen molar-refractivity contribution >= 4 is 29.5 Å². The average Bonchev–Trinajstić information content (AvgIpc) is 2.58. The van der Waals surface area contributed by atoms with Gasteiger partial charge in [-0.25, -0.2) is 9.78 Å². The molecule has 26 heavy (non-hydrogen) atoms. The Morgan fingerprint density at radius 2 is 1.96 bits per heavy atom. The highest BCUT2D eigenvalue weighted by molar-refractivity contribution is 5.85. The summed E-state index contributed by atoms with van der Waals surface area (Å²) in [5.41, 5.74) is 9.03. The Kier molecular flexibility index (Phi) is 6.45. The van der Waals surface area contributed by atoms with E-state index < -0.39 is 5.97 Å². The molecule has 0 aliphatic heterocycles. The maximum absolute atomic E-state index is 10.5. The van der Waals surface area contributed by atoms with Crippen molar-refractivity contribution in [2.75, 3.05) is 11.1 Å². The number of carboxylic acid groups (broad SMARTS) is 1. The van der Waals surface area contributed by atoms with Crippen molar-refractivity contribution in [1.29, 1.82) is 0 Å². The Bertz CT molecular complexity index is 868. The smallest absolute Gasteiger partial charge is 0.328 e. The molecule has 1 aromatic carbocycles. The minimum atomic E-state index is -0.989. The van der Waals surface area contributed by atoms with Crippen LogP contribution in [0.1, 0.15) is 11.3 Å². The summed E-state index contributed by atoms with van der Waals surface area (Å²) < 4.78 is 0. The summed E-state index contributed by atoms with van der Waals surface area (Å²) in [6.07, 6.45) is 8.51. The van der Waals surface area contributed by atoms with Gasteiger partial charge in [-0.15, -0.1) is 0 Å². The molecule has 0 atom stereocenters. The van der Waals surface area contributed by atoms with Crippen molar-refractivity contribution in [3.05, 3.63) is 84.6 Å². The van der Waals surface area contributed by atoms with E-state index in [0.717, 1.165) is 28.6 Å². The van der Waals surface area contributed by atoms with Gasteiger partial charge in [0.05, 0.1) is 5.69 Å². The number of nitrogens with zero attached hydrogens (tertiary/aromatic N) is 2. The molecule has 0 amide bonds. The largest absolute Gasteiger partial charge is 0.478 e. The summed E-state index contributed by atoms with van der Waals surface area (Å²) in [6.45, 7) is 7.59. The summed E-state index contributed by atoms with van der Waals surface area (Å²) in [7, 11) is 0. The van der Waals surface area contributed by atoms with Gasteiger partial charge in [-0.3, -0.25) is 0 Å². The standard InChI is InChI=1S/C20H20N4O2/c1-3-4-5-14(2)12-17-13-18(21)24-20(23-17)22-16-9-6-15(7-10-16)8-11-19(25)26/h3-11,13H,1-2,12H2,(H,25,26)(H3,21,22,23,24)/b5-4-,11-8+. The number of rotatable bonds is 8. The lowest BCUT2D eigenvalue weighted by molar-refractivity contribution is -0.131. The molecule has 1 heterocycles. The summed E-state index contributed by atoms with van der Waals surface area (Å²) >= 11 is 0. The molecule has 0 bridgehead atoms. The molecule has 0 saturated heterocycles. The number of nitrogen functional groups attached to an aromatic ring is 1. The first-order valence-electron chi connectivity index (χ1n) is 7.84. The molecular weight excluding hydrogens is 328 g/mol. The second kappa shape index (κ2) is 8.98. The highest BCUT2D eigenvalue weighted by Gasteiger charge is 2.04. The van der Waals surface area contributed by atoms with Gasteiger partial charge in [0, 0.05) is 24.3 Å². The van der Waals surface area contributed by atoms with Gasteiger partial charge in [-0.1, -0.05) is 43.5 Å². The molecule has 6 heteroatoms. The minimum absolute atomic E-state index is 0.360. The van der Waals surface area contributed by atoms with E-state index >= 15 is 0 Å². The molecule has 2 aromatic rings. The van der Waals surface area contributed by atoms with E-state index in [0.29, 0.717) is 18.2 Å². The summed E-state index contributed by atoms with van der Waals surface area (Å²) in [5.74, 6) is -0.245. The van der Waals surface area contributed by atoms with Crippen molar-refractivity contribution in [2.45, 2.75) is 6.42 Å². The summed E-state index contributed by atoms with van der Waals surface area (Å²) in [4.78, 5) is 19.2. The number of hydrogen-bond donors (Lipinski definition) is 3. The normalized spacial score (nSPS) is 10.9. The summed E-state index contributed by atoms with van der Waals surface area (Å²) in [5, 5.41) is 11.7. The van der Waals surface area contributed by atoms with Crippen molar-refractivity contribution < 1.29 is 9.90 Å². The molecule has 132 valence electrons. The molecule has 0 aliphatic rings. The van der Waals surface area contributed by atoms with Crippen molar-refractivity contribution in [1.82, 2.24) is 9.97 Å². The average molecular weight is 348 g/mol.